The standard InChI is InChI=1S/C19H31N5O2SSi/c1-18(2,3)28(4,5)26-12-7-6-9-19(12)10-8-13(27-19)24-11-21-14-15(24)22-17(20)23-16(14)25/h11-13H,6-10H2,1-5H3,(H3,20,22,23,25)/t12-,13-,19-/m1/s1. The van der Waals surface area contributed by atoms with Gasteiger partial charge in [-0.05, 0) is 50.2 Å². The number of rotatable bonds is 3. The van der Waals surface area contributed by atoms with Gasteiger partial charge in [-0.25, -0.2) is 4.98 Å². The number of aromatic nitrogens is 4. The quantitative estimate of drug-likeness (QED) is 0.726. The molecule has 3 heterocycles. The van der Waals surface area contributed by atoms with E-state index in [1.165, 1.54) is 12.8 Å². The number of nitrogen functional groups attached to an aromatic ring is 1. The van der Waals surface area contributed by atoms with Crippen molar-refractivity contribution in [1.29, 1.82) is 0 Å². The summed E-state index contributed by atoms with van der Waals surface area (Å²) in [6, 6.07) is 0. The van der Waals surface area contributed by atoms with Crippen LogP contribution in [0.3, 0.4) is 0 Å². The molecule has 1 saturated carbocycles. The van der Waals surface area contributed by atoms with Crippen LogP contribution in [0.25, 0.3) is 11.2 Å². The Bertz CT molecular complexity index is 950. The molecule has 3 N–H and O–H groups in total. The smallest absolute Gasteiger partial charge is 0.280 e. The van der Waals surface area contributed by atoms with Crippen LogP contribution >= 0.6 is 11.8 Å². The summed E-state index contributed by atoms with van der Waals surface area (Å²) < 4.78 is 9.08. The number of H-pyrrole nitrogens is 1. The van der Waals surface area contributed by atoms with Crippen LogP contribution in [-0.2, 0) is 4.43 Å². The fraction of sp³-hybridized carbons (Fsp3) is 0.737. The second-order valence-electron chi connectivity index (χ2n) is 9.71. The van der Waals surface area contributed by atoms with Crippen molar-refractivity contribution in [3.8, 4) is 0 Å². The van der Waals surface area contributed by atoms with Crippen molar-refractivity contribution >= 4 is 37.2 Å². The maximum atomic E-state index is 12.1. The Balaban J connectivity index is 1.60. The molecule has 2 aromatic heterocycles. The number of hydrogen-bond donors (Lipinski definition) is 2. The van der Waals surface area contributed by atoms with Crippen LogP contribution in [0.2, 0.25) is 18.1 Å². The maximum absolute atomic E-state index is 12.1. The zero-order valence-corrected chi connectivity index (χ0v) is 19.2. The van der Waals surface area contributed by atoms with Gasteiger partial charge in [-0.1, -0.05) is 20.8 Å². The number of fused-ring (bicyclic) bond motifs is 1. The fourth-order valence-electron chi connectivity index (χ4n) is 4.24. The molecule has 3 atom stereocenters. The Hall–Kier alpha value is -1.32. The summed E-state index contributed by atoms with van der Waals surface area (Å²) in [4.78, 5) is 23.3. The van der Waals surface area contributed by atoms with E-state index in [0.717, 1.165) is 19.3 Å². The third-order valence-corrected chi connectivity index (χ3v) is 13.2. The number of thioether (sulfide) groups is 1. The number of nitrogens with one attached hydrogen (secondary N) is 1. The van der Waals surface area contributed by atoms with Crippen LogP contribution in [0.5, 0.6) is 0 Å². The molecular weight excluding hydrogens is 390 g/mol. The van der Waals surface area contributed by atoms with Crippen molar-refractivity contribution in [2.75, 3.05) is 5.73 Å². The number of hydrogen-bond acceptors (Lipinski definition) is 6. The summed E-state index contributed by atoms with van der Waals surface area (Å²) in [7, 11) is -1.82. The van der Waals surface area contributed by atoms with Gasteiger partial charge in [-0.2, -0.15) is 4.98 Å². The Morgan fingerprint density at radius 1 is 1.36 bits per heavy atom. The Morgan fingerprint density at radius 2 is 2.11 bits per heavy atom. The van der Waals surface area contributed by atoms with Gasteiger partial charge >= 0.3 is 0 Å². The zero-order valence-electron chi connectivity index (χ0n) is 17.4. The first-order chi connectivity index (χ1) is 13.0. The first kappa shape index (κ1) is 20.0. The highest BCUT2D eigenvalue weighted by atomic mass is 32.2. The molecule has 0 bridgehead atoms. The average molecular weight is 422 g/mol. The second kappa shape index (κ2) is 6.60. The van der Waals surface area contributed by atoms with E-state index in [-0.39, 0.29) is 26.7 Å². The topological polar surface area (TPSA) is 98.8 Å². The van der Waals surface area contributed by atoms with Crippen molar-refractivity contribution in [1.82, 2.24) is 19.5 Å². The van der Waals surface area contributed by atoms with Gasteiger partial charge in [0.2, 0.25) is 5.95 Å². The lowest BCUT2D eigenvalue weighted by molar-refractivity contribution is 0.155. The first-order valence-electron chi connectivity index (χ1n) is 10.1. The number of nitrogens with two attached hydrogens (primary N) is 1. The fourth-order valence-corrected chi connectivity index (χ4v) is 7.59. The van der Waals surface area contributed by atoms with E-state index in [9.17, 15) is 4.79 Å². The predicted octanol–water partition coefficient (Wildman–Crippen LogP) is 4.04. The van der Waals surface area contributed by atoms with Crippen LogP contribution in [0.15, 0.2) is 11.1 Å². The summed E-state index contributed by atoms with van der Waals surface area (Å²) >= 11 is 1.99. The highest BCUT2D eigenvalue weighted by molar-refractivity contribution is 8.01. The molecule has 2 aliphatic rings. The predicted molar refractivity (Wildman–Crippen MR) is 117 cm³/mol. The van der Waals surface area contributed by atoms with Gasteiger partial charge in [0, 0.05) is 4.75 Å². The van der Waals surface area contributed by atoms with E-state index >= 15 is 0 Å². The number of aromatic amines is 1. The summed E-state index contributed by atoms with van der Waals surface area (Å²) in [6.45, 7) is 11.6. The minimum atomic E-state index is -1.82. The minimum absolute atomic E-state index is 0.136. The molecule has 7 nitrogen and oxygen atoms in total. The van der Waals surface area contributed by atoms with Gasteiger partial charge in [0.25, 0.3) is 5.56 Å². The molecule has 0 amide bonds. The van der Waals surface area contributed by atoms with E-state index in [0.29, 0.717) is 17.3 Å². The van der Waals surface area contributed by atoms with Gasteiger partial charge in [0.1, 0.15) is 0 Å². The van der Waals surface area contributed by atoms with Gasteiger partial charge in [-0.15, -0.1) is 11.8 Å². The van der Waals surface area contributed by atoms with E-state index in [4.69, 9.17) is 10.2 Å². The van der Waals surface area contributed by atoms with Crippen molar-refractivity contribution in [3.05, 3.63) is 16.7 Å². The zero-order chi connectivity index (χ0) is 20.3. The van der Waals surface area contributed by atoms with Crippen LogP contribution in [-0.4, -0.2) is 38.7 Å². The van der Waals surface area contributed by atoms with Gasteiger partial charge in [-0.3, -0.25) is 9.78 Å². The molecule has 9 heteroatoms. The van der Waals surface area contributed by atoms with Crippen LogP contribution in [0.1, 0.15) is 58.2 Å². The van der Waals surface area contributed by atoms with E-state index < -0.39 is 8.32 Å². The number of nitrogens with zero attached hydrogens (tertiary/aromatic N) is 3. The second-order valence-corrected chi connectivity index (χ2v) is 16.1. The molecule has 4 rings (SSSR count). The average Bonchev–Trinajstić information content (AvgIpc) is 3.26. The summed E-state index contributed by atoms with van der Waals surface area (Å²) in [5.41, 5.74) is 6.43. The summed E-state index contributed by atoms with van der Waals surface area (Å²) in [5.74, 6) is 0.136. The molecular formula is C19H31N5O2SSi. The molecule has 1 aliphatic heterocycles. The SMILES string of the molecule is CC(C)(C)[Si](C)(C)O[C@@H]1CCC[C@@]12CC[C@H](n1cnc3c(=O)[nH]c(N)nc31)S2. The lowest BCUT2D eigenvalue weighted by Gasteiger charge is -2.42. The van der Waals surface area contributed by atoms with Gasteiger partial charge < -0.3 is 14.7 Å². The van der Waals surface area contributed by atoms with Crippen LogP contribution < -0.4 is 11.3 Å². The van der Waals surface area contributed by atoms with Crippen molar-refractivity contribution < 1.29 is 4.43 Å². The van der Waals surface area contributed by atoms with Crippen molar-refractivity contribution in [2.24, 2.45) is 0 Å². The molecule has 2 aromatic rings. The van der Waals surface area contributed by atoms with E-state index in [1.807, 2.05) is 16.3 Å². The Kier molecular flexibility index (Phi) is 4.71. The highest BCUT2D eigenvalue weighted by Crippen LogP contribution is 2.59. The molecule has 0 unspecified atom stereocenters. The van der Waals surface area contributed by atoms with Gasteiger partial charge in [0.15, 0.2) is 19.5 Å². The molecule has 28 heavy (non-hydrogen) atoms. The third kappa shape index (κ3) is 3.21. The minimum Gasteiger partial charge on any atom is -0.413 e. The molecule has 1 saturated heterocycles. The lowest BCUT2D eigenvalue weighted by atomic mass is 9.99. The molecule has 2 fully saturated rings. The third-order valence-electron chi connectivity index (χ3n) is 6.84. The van der Waals surface area contributed by atoms with E-state index in [1.54, 1.807) is 6.33 Å². The summed E-state index contributed by atoms with van der Waals surface area (Å²) in [6.07, 6.45) is 7.75. The van der Waals surface area contributed by atoms with Crippen molar-refractivity contribution in [2.45, 2.75) is 87.2 Å². The Morgan fingerprint density at radius 3 is 2.82 bits per heavy atom. The number of anilines is 1. The molecule has 154 valence electrons. The molecule has 1 spiro atoms. The molecule has 0 aromatic carbocycles. The highest BCUT2D eigenvalue weighted by Gasteiger charge is 2.53. The summed E-state index contributed by atoms with van der Waals surface area (Å²) in [5, 5.41) is 0.421. The number of imidazole rings is 1. The molecule has 1 aliphatic carbocycles. The largest absolute Gasteiger partial charge is 0.413 e. The Labute approximate surface area is 171 Å². The van der Waals surface area contributed by atoms with Gasteiger partial charge in [0.05, 0.1) is 17.8 Å². The lowest BCUT2D eigenvalue weighted by Crippen LogP contribution is -2.48. The van der Waals surface area contributed by atoms with Crippen molar-refractivity contribution in [3.63, 3.8) is 0 Å². The van der Waals surface area contributed by atoms with E-state index in [2.05, 4.69) is 48.8 Å². The first-order valence-corrected chi connectivity index (χ1v) is 13.9. The molecule has 0 radical (unpaired) electrons. The normalized spacial score (nSPS) is 28.6. The monoisotopic (exact) mass is 421 g/mol. The van der Waals surface area contributed by atoms with Crippen LogP contribution in [0, 0.1) is 0 Å². The van der Waals surface area contributed by atoms with Crippen LogP contribution in [0.4, 0.5) is 5.95 Å². The maximum Gasteiger partial charge on any atom is 0.280 e.